The van der Waals surface area contributed by atoms with Crippen molar-refractivity contribution in [3.05, 3.63) is 53.9 Å². The lowest BCUT2D eigenvalue weighted by atomic mass is 10.2. The van der Waals surface area contributed by atoms with E-state index in [0.717, 1.165) is 12.1 Å². The van der Waals surface area contributed by atoms with Crippen LogP contribution in [0.1, 0.15) is 11.1 Å². The topological polar surface area (TPSA) is 48.1 Å². The van der Waals surface area contributed by atoms with Crippen LogP contribution in [0.4, 0.5) is 18.9 Å². The Bertz CT molecular complexity index is 553. The quantitative estimate of drug-likeness (QED) is 0.929. The third-order valence-corrected chi connectivity index (χ3v) is 2.52. The maximum absolute atomic E-state index is 12.4. The zero-order valence-corrected chi connectivity index (χ0v) is 9.82. The van der Waals surface area contributed by atoms with Crippen LogP contribution in [0.2, 0.25) is 0 Å². The maximum atomic E-state index is 12.4. The Kier molecular flexibility index (Phi) is 3.59. The highest BCUT2D eigenvalue weighted by molar-refractivity contribution is 5.44. The van der Waals surface area contributed by atoms with Crippen molar-refractivity contribution < 1.29 is 17.9 Å². The summed E-state index contributed by atoms with van der Waals surface area (Å²) in [5, 5.41) is 0. The molecule has 0 unspecified atom stereocenters. The standard InChI is InChI=1S/C13H11F3N2O/c14-13(15,16)10-1-3-11(4-2-10)19-8-9-7-18-6-5-12(9)17/h1-7H,8H2,(H2,17,18). The first kappa shape index (κ1) is 13.2. The summed E-state index contributed by atoms with van der Waals surface area (Å²) in [5.41, 5.74) is 6.20. The summed E-state index contributed by atoms with van der Waals surface area (Å²) in [6.07, 6.45) is -1.23. The molecule has 2 rings (SSSR count). The van der Waals surface area contributed by atoms with E-state index in [9.17, 15) is 13.2 Å². The molecule has 0 bridgehead atoms. The molecule has 0 aliphatic heterocycles. The van der Waals surface area contributed by atoms with E-state index in [0.29, 0.717) is 17.0 Å². The van der Waals surface area contributed by atoms with Gasteiger partial charge in [-0.2, -0.15) is 13.2 Å². The number of hydrogen-bond donors (Lipinski definition) is 1. The van der Waals surface area contributed by atoms with Crippen molar-refractivity contribution in [2.75, 3.05) is 5.73 Å². The molecule has 0 radical (unpaired) electrons. The van der Waals surface area contributed by atoms with Gasteiger partial charge in [-0.25, -0.2) is 0 Å². The van der Waals surface area contributed by atoms with Crippen LogP contribution in [-0.2, 0) is 12.8 Å². The molecule has 0 saturated heterocycles. The smallest absolute Gasteiger partial charge is 0.416 e. The summed E-state index contributed by atoms with van der Waals surface area (Å²) >= 11 is 0. The van der Waals surface area contributed by atoms with Crippen molar-refractivity contribution in [3.63, 3.8) is 0 Å². The predicted octanol–water partition coefficient (Wildman–Crippen LogP) is 3.26. The van der Waals surface area contributed by atoms with Gasteiger partial charge < -0.3 is 10.5 Å². The molecule has 0 fully saturated rings. The SMILES string of the molecule is Nc1ccncc1COc1ccc(C(F)(F)F)cc1. The van der Waals surface area contributed by atoms with E-state index < -0.39 is 11.7 Å². The van der Waals surface area contributed by atoms with Crippen LogP contribution in [-0.4, -0.2) is 4.98 Å². The number of hydrogen-bond acceptors (Lipinski definition) is 3. The number of nitrogen functional groups attached to an aromatic ring is 1. The first-order valence-electron chi connectivity index (χ1n) is 5.45. The number of halogens is 3. The molecule has 1 aromatic heterocycles. The predicted molar refractivity (Wildman–Crippen MR) is 64.4 cm³/mol. The number of rotatable bonds is 3. The van der Waals surface area contributed by atoms with E-state index in [1.54, 1.807) is 18.5 Å². The largest absolute Gasteiger partial charge is 0.489 e. The van der Waals surface area contributed by atoms with Gasteiger partial charge in [-0.1, -0.05) is 0 Å². The van der Waals surface area contributed by atoms with Gasteiger partial charge in [0.1, 0.15) is 12.4 Å². The highest BCUT2D eigenvalue weighted by Gasteiger charge is 2.29. The van der Waals surface area contributed by atoms with E-state index in [1.165, 1.54) is 12.1 Å². The summed E-state index contributed by atoms with van der Waals surface area (Å²) in [6, 6.07) is 6.13. The van der Waals surface area contributed by atoms with Gasteiger partial charge in [0.15, 0.2) is 0 Å². The van der Waals surface area contributed by atoms with E-state index in [1.807, 2.05) is 0 Å². The van der Waals surface area contributed by atoms with Gasteiger partial charge in [-0.3, -0.25) is 4.98 Å². The van der Waals surface area contributed by atoms with Crippen LogP contribution in [0.25, 0.3) is 0 Å². The minimum absolute atomic E-state index is 0.158. The summed E-state index contributed by atoms with van der Waals surface area (Å²) in [7, 11) is 0. The number of aromatic nitrogens is 1. The third kappa shape index (κ3) is 3.37. The lowest BCUT2D eigenvalue weighted by molar-refractivity contribution is -0.137. The normalized spacial score (nSPS) is 11.3. The molecule has 1 heterocycles. The molecule has 1 aromatic carbocycles. The Morgan fingerprint density at radius 1 is 1.11 bits per heavy atom. The summed E-state index contributed by atoms with van der Waals surface area (Å²) < 4.78 is 42.4. The van der Waals surface area contributed by atoms with Gasteiger partial charge in [0.25, 0.3) is 0 Å². The van der Waals surface area contributed by atoms with Gasteiger partial charge in [0.2, 0.25) is 0 Å². The zero-order valence-electron chi connectivity index (χ0n) is 9.82. The van der Waals surface area contributed by atoms with E-state index >= 15 is 0 Å². The lowest BCUT2D eigenvalue weighted by Crippen LogP contribution is -2.05. The Morgan fingerprint density at radius 3 is 2.37 bits per heavy atom. The highest BCUT2D eigenvalue weighted by Crippen LogP contribution is 2.30. The van der Waals surface area contributed by atoms with Crippen molar-refractivity contribution in [1.29, 1.82) is 0 Å². The lowest BCUT2D eigenvalue weighted by Gasteiger charge is -2.10. The molecule has 0 atom stereocenters. The molecule has 0 amide bonds. The van der Waals surface area contributed by atoms with Crippen LogP contribution < -0.4 is 10.5 Å². The Morgan fingerprint density at radius 2 is 1.79 bits per heavy atom. The molecule has 0 aliphatic carbocycles. The Hall–Kier alpha value is -2.24. The summed E-state index contributed by atoms with van der Waals surface area (Å²) in [6.45, 7) is 0.158. The minimum atomic E-state index is -4.34. The number of pyridine rings is 1. The Labute approximate surface area is 107 Å². The van der Waals surface area contributed by atoms with Crippen molar-refractivity contribution in [2.24, 2.45) is 0 Å². The fourth-order valence-electron chi connectivity index (χ4n) is 1.46. The van der Waals surface area contributed by atoms with Crippen molar-refractivity contribution in [3.8, 4) is 5.75 Å². The van der Waals surface area contributed by atoms with E-state index in [2.05, 4.69) is 4.98 Å². The van der Waals surface area contributed by atoms with Gasteiger partial charge in [-0.05, 0) is 30.3 Å². The van der Waals surface area contributed by atoms with Gasteiger partial charge >= 0.3 is 6.18 Å². The molecule has 6 heteroatoms. The van der Waals surface area contributed by atoms with Gasteiger partial charge in [0.05, 0.1) is 5.56 Å². The van der Waals surface area contributed by atoms with Crippen molar-refractivity contribution in [1.82, 2.24) is 4.98 Å². The number of nitrogens with zero attached hydrogens (tertiary/aromatic N) is 1. The van der Waals surface area contributed by atoms with Crippen LogP contribution in [0.3, 0.4) is 0 Å². The minimum Gasteiger partial charge on any atom is -0.489 e. The van der Waals surface area contributed by atoms with Crippen LogP contribution >= 0.6 is 0 Å². The first-order chi connectivity index (χ1) is 8.97. The fraction of sp³-hybridized carbons (Fsp3) is 0.154. The van der Waals surface area contributed by atoms with Crippen molar-refractivity contribution in [2.45, 2.75) is 12.8 Å². The Balaban J connectivity index is 2.03. The molecular formula is C13H11F3N2O. The number of anilines is 1. The molecule has 0 spiro atoms. The molecule has 2 aromatic rings. The van der Waals surface area contributed by atoms with Crippen LogP contribution in [0.5, 0.6) is 5.75 Å². The molecular weight excluding hydrogens is 257 g/mol. The van der Waals surface area contributed by atoms with Crippen molar-refractivity contribution >= 4 is 5.69 Å². The molecule has 0 aliphatic rings. The average Bonchev–Trinajstić information content (AvgIpc) is 2.37. The fourth-order valence-corrected chi connectivity index (χ4v) is 1.46. The molecule has 2 N–H and O–H groups in total. The zero-order chi connectivity index (χ0) is 13.9. The average molecular weight is 268 g/mol. The molecule has 0 saturated carbocycles. The van der Waals surface area contributed by atoms with E-state index in [4.69, 9.17) is 10.5 Å². The molecule has 3 nitrogen and oxygen atoms in total. The second-order valence-corrected chi connectivity index (χ2v) is 3.89. The van der Waals surface area contributed by atoms with Gasteiger partial charge in [-0.15, -0.1) is 0 Å². The summed E-state index contributed by atoms with van der Waals surface area (Å²) in [4.78, 5) is 3.90. The number of ether oxygens (including phenoxy) is 1. The number of nitrogens with two attached hydrogens (primary N) is 1. The number of alkyl halides is 3. The number of benzene rings is 1. The third-order valence-electron chi connectivity index (χ3n) is 2.52. The summed E-state index contributed by atoms with van der Waals surface area (Å²) in [5.74, 6) is 0.344. The molecule has 19 heavy (non-hydrogen) atoms. The second kappa shape index (κ2) is 5.17. The molecule has 100 valence electrons. The maximum Gasteiger partial charge on any atom is 0.416 e. The van der Waals surface area contributed by atoms with Gasteiger partial charge in [0, 0.05) is 23.6 Å². The highest BCUT2D eigenvalue weighted by atomic mass is 19.4. The van der Waals surface area contributed by atoms with Crippen LogP contribution in [0, 0.1) is 0 Å². The van der Waals surface area contributed by atoms with Crippen LogP contribution in [0.15, 0.2) is 42.7 Å². The monoisotopic (exact) mass is 268 g/mol. The second-order valence-electron chi connectivity index (χ2n) is 3.89. The first-order valence-corrected chi connectivity index (χ1v) is 5.45. The van der Waals surface area contributed by atoms with E-state index in [-0.39, 0.29) is 6.61 Å².